The molecule has 16 heavy (non-hydrogen) atoms. The number of hydrogen-bond acceptors (Lipinski definition) is 3. The van der Waals surface area contributed by atoms with E-state index in [1.165, 1.54) is 6.07 Å². The van der Waals surface area contributed by atoms with Gasteiger partial charge < -0.3 is 16.2 Å². The number of amides is 1. The number of halogens is 3. The molecule has 0 aliphatic carbocycles. The van der Waals surface area contributed by atoms with Crippen LogP contribution in [0.5, 0.6) is 0 Å². The summed E-state index contributed by atoms with van der Waals surface area (Å²) in [4.78, 5) is 10.8. The number of anilines is 2. The first-order valence-electron chi connectivity index (χ1n) is 4.22. The fourth-order valence-corrected chi connectivity index (χ4v) is 1.08. The Labute approximate surface area is 88.9 Å². The molecule has 0 bridgehead atoms. The average molecular weight is 234 g/mol. The Kier molecular flexibility index (Phi) is 3.38. The minimum absolute atomic E-state index is 0.0689. The molecule has 0 saturated heterocycles. The van der Waals surface area contributed by atoms with Crippen molar-refractivity contribution in [3.8, 4) is 0 Å². The van der Waals surface area contributed by atoms with Gasteiger partial charge in [-0.05, 0) is 18.2 Å². The summed E-state index contributed by atoms with van der Waals surface area (Å²) in [5.74, 6) is -0.794. The second-order valence-electron chi connectivity index (χ2n) is 3.01. The Hall–Kier alpha value is -1.76. The van der Waals surface area contributed by atoms with Crippen LogP contribution >= 0.6 is 0 Å². The molecule has 0 radical (unpaired) electrons. The molecule has 1 aromatic carbocycles. The largest absolute Gasteiger partial charge is 0.418 e. The van der Waals surface area contributed by atoms with E-state index in [0.29, 0.717) is 6.07 Å². The molecule has 0 spiro atoms. The van der Waals surface area contributed by atoms with Crippen LogP contribution in [0.15, 0.2) is 18.2 Å². The van der Waals surface area contributed by atoms with Gasteiger partial charge in [-0.15, -0.1) is 0 Å². The van der Waals surface area contributed by atoms with Gasteiger partial charge in [0.05, 0.1) is 5.56 Å². The summed E-state index contributed by atoms with van der Waals surface area (Å²) in [6, 6.07) is 2.97. The Morgan fingerprint density at radius 3 is 2.56 bits per heavy atom. The van der Waals surface area contributed by atoms with E-state index in [0.717, 1.165) is 6.07 Å². The first-order valence-corrected chi connectivity index (χ1v) is 4.22. The number of nitrogen functional groups attached to an aromatic ring is 1. The summed E-state index contributed by atoms with van der Waals surface area (Å²) in [6.45, 7) is -0.800. The van der Waals surface area contributed by atoms with Gasteiger partial charge in [-0.2, -0.15) is 13.2 Å². The number of aliphatic hydroxyl groups excluding tert-OH is 1. The number of nitrogens with one attached hydrogen (secondary N) is 1. The molecular weight excluding hydrogens is 225 g/mol. The van der Waals surface area contributed by atoms with Crippen LogP contribution in [0, 0.1) is 0 Å². The van der Waals surface area contributed by atoms with Gasteiger partial charge in [0.25, 0.3) is 0 Å². The van der Waals surface area contributed by atoms with Gasteiger partial charge in [0.1, 0.15) is 6.61 Å². The molecule has 1 aromatic rings. The fourth-order valence-electron chi connectivity index (χ4n) is 1.08. The monoisotopic (exact) mass is 234 g/mol. The Bertz CT molecular complexity index is 404. The lowest BCUT2D eigenvalue weighted by molar-refractivity contribution is -0.136. The predicted molar refractivity (Wildman–Crippen MR) is 51.6 cm³/mol. The number of alkyl halides is 3. The first kappa shape index (κ1) is 12.3. The van der Waals surface area contributed by atoms with Crippen LogP contribution in [0.2, 0.25) is 0 Å². The second-order valence-corrected chi connectivity index (χ2v) is 3.01. The van der Waals surface area contributed by atoms with Crippen LogP contribution in [-0.2, 0) is 11.0 Å². The average Bonchev–Trinajstić information content (AvgIpc) is 2.19. The zero-order valence-electron chi connectivity index (χ0n) is 8.01. The SMILES string of the molecule is Nc1ccc(NC(=O)CO)cc1C(F)(F)F. The molecule has 0 atom stereocenters. The minimum Gasteiger partial charge on any atom is -0.398 e. The number of nitrogens with two attached hydrogens (primary N) is 1. The van der Waals surface area contributed by atoms with E-state index in [4.69, 9.17) is 10.8 Å². The van der Waals surface area contributed by atoms with Crippen LogP contribution in [0.1, 0.15) is 5.56 Å². The maximum Gasteiger partial charge on any atom is 0.418 e. The summed E-state index contributed by atoms with van der Waals surface area (Å²) in [7, 11) is 0. The van der Waals surface area contributed by atoms with Crippen molar-refractivity contribution in [1.82, 2.24) is 0 Å². The highest BCUT2D eigenvalue weighted by Gasteiger charge is 2.33. The second kappa shape index (κ2) is 4.40. The Morgan fingerprint density at radius 1 is 1.44 bits per heavy atom. The summed E-state index contributed by atoms with van der Waals surface area (Å²) in [5, 5.41) is 10.5. The van der Waals surface area contributed by atoms with Gasteiger partial charge >= 0.3 is 6.18 Å². The van der Waals surface area contributed by atoms with E-state index in [9.17, 15) is 18.0 Å². The Balaban J connectivity index is 3.03. The van der Waals surface area contributed by atoms with Gasteiger partial charge in [0.15, 0.2) is 0 Å². The molecule has 0 aromatic heterocycles. The third-order valence-electron chi connectivity index (χ3n) is 1.79. The molecule has 88 valence electrons. The minimum atomic E-state index is -4.58. The fraction of sp³-hybridized carbons (Fsp3) is 0.222. The summed E-state index contributed by atoms with van der Waals surface area (Å²) in [5.41, 5.74) is 3.64. The topological polar surface area (TPSA) is 75.3 Å². The standard InChI is InChI=1S/C9H9F3N2O2/c10-9(11,12)6-3-5(1-2-7(6)13)14-8(16)4-15/h1-3,15H,4,13H2,(H,14,16). The van der Waals surface area contributed by atoms with Crippen LogP contribution in [-0.4, -0.2) is 17.6 Å². The highest BCUT2D eigenvalue weighted by atomic mass is 19.4. The van der Waals surface area contributed by atoms with Crippen molar-refractivity contribution in [3.63, 3.8) is 0 Å². The van der Waals surface area contributed by atoms with Crippen molar-refractivity contribution in [1.29, 1.82) is 0 Å². The third kappa shape index (κ3) is 2.86. The zero-order valence-corrected chi connectivity index (χ0v) is 8.01. The number of benzene rings is 1. The highest BCUT2D eigenvalue weighted by Crippen LogP contribution is 2.34. The van der Waals surface area contributed by atoms with Gasteiger partial charge in [0.2, 0.25) is 5.91 Å². The molecular formula is C9H9F3N2O2. The molecule has 0 fully saturated rings. The van der Waals surface area contributed by atoms with Gasteiger partial charge in [-0.25, -0.2) is 0 Å². The number of rotatable bonds is 2. The van der Waals surface area contributed by atoms with E-state index in [2.05, 4.69) is 5.32 Å². The van der Waals surface area contributed by atoms with E-state index in [1.54, 1.807) is 0 Å². The lowest BCUT2D eigenvalue weighted by Gasteiger charge is -2.12. The normalized spacial score (nSPS) is 11.2. The van der Waals surface area contributed by atoms with Crippen molar-refractivity contribution < 1.29 is 23.1 Å². The lowest BCUT2D eigenvalue weighted by atomic mass is 10.1. The van der Waals surface area contributed by atoms with Crippen LogP contribution < -0.4 is 11.1 Å². The van der Waals surface area contributed by atoms with Gasteiger partial charge in [0, 0.05) is 11.4 Å². The van der Waals surface area contributed by atoms with E-state index >= 15 is 0 Å². The van der Waals surface area contributed by atoms with Crippen molar-refractivity contribution >= 4 is 17.3 Å². The number of hydrogen-bond donors (Lipinski definition) is 3. The summed E-state index contributed by atoms with van der Waals surface area (Å²) in [6.07, 6.45) is -4.58. The molecule has 0 heterocycles. The maximum absolute atomic E-state index is 12.4. The number of carbonyl (C=O) groups is 1. The molecule has 4 nitrogen and oxygen atoms in total. The summed E-state index contributed by atoms with van der Waals surface area (Å²) < 4.78 is 37.2. The zero-order chi connectivity index (χ0) is 12.3. The molecule has 7 heteroatoms. The summed E-state index contributed by atoms with van der Waals surface area (Å²) >= 11 is 0. The highest BCUT2D eigenvalue weighted by molar-refractivity contribution is 5.91. The van der Waals surface area contributed by atoms with Crippen LogP contribution in [0.25, 0.3) is 0 Å². The molecule has 1 amide bonds. The van der Waals surface area contributed by atoms with Crippen molar-refractivity contribution in [2.24, 2.45) is 0 Å². The molecule has 0 aliphatic rings. The van der Waals surface area contributed by atoms with E-state index in [1.807, 2.05) is 0 Å². The molecule has 0 saturated carbocycles. The lowest BCUT2D eigenvalue weighted by Crippen LogP contribution is -2.16. The third-order valence-corrected chi connectivity index (χ3v) is 1.79. The van der Waals surface area contributed by atoms with Crippen molar-refractivity contribution in [2.75, 3.05) is 17.7 Å². The Morgan fingerprint density at radius 2 is 2.06 bits per heavy atom. The maximum atomic E-state index is 12.4. The predicted octanol–water partition coefficient (Wildman–Crippen LogP) is 1.22. The molecule has 0 unspecified atom stereocenters. The molecule has 4 N–H and O–H groups in total. The molecule has 0 aliphatic heterocycles. The molecule has 1 rings (SSSR count). The smallest absolute Gasteiger partial charge is 0.398 e. The van der Waals surface area contributed by atoms with Crippen molar-refractivity contribution in [3.05, 3.63) is 23.8 Å². The first-order chi connectivity index (χ1) is 7.34. The van der Waals surface area contributed by atoms with E-state index in [-0.39, 0.29) is 5.69 Å². The number of aliphatic hydroxyl groups is 1. The van der Waals surface area contributed by atoms with Gasteiger partial charge in [-0.1, -0.05) is 0 Å². The number of carbonyl (C=O) groups excluding carboxylic acids is 1. The van der Waals surface area contributed by atoms with Crippen LogP contribution in [0.4, 0.5) is 24.5 Å². The quantitative estimate of drug-likeness (QED) is 0.673. The van der Waals surface area contributed by atoms with Crippen molar-refractivity contribution in [2.45, 2.75) is 6.18 Å². The van der Waals surface area contributed by atoms with E-state index < -0.39 is 29.9 Å². The van der Waals surface area contributed by atoms with Gasteiger partial charge in [-0.3, -0.25) is 4.79 Å². The van der Waals surface area contributed by atoms with Crippen LogP contribution in [0.3, 0.4) is 0 Å².